The first kappa shape index (κ1) is 19.8. The maximum atomic E-state index is 11.6. The van der Waals surface area contributed by atoms with E-state index >= 15 is 0 Å². The number of piperidine rings is 2. The van der Waals surface area contributed by atoms with Gasteiger partial charge in [0.25, 0.3) is 0 Å². The van der Waals surface area contributed by atoms with E-state index in [0.29, 0.717) is 23.7 Å². The minimum absolute atomic E-state index is 0.326. The smallest absolute Gasteiger partial charge is 0.225 e. The van der Waals surface area contributed by atoms with E-state index in [0.717, 1.165) is 37.8 Å². The number of likely N-dealkylation sites (tertiary alicyclic amines) is 1. The highest BCUT2D eigenvalue weighted by molar-refractivity contribution is 5.78. The average Bonchev–Trinajstić information content (AvgIpc) is 2.75. The van der Waals surface area contributed by atoms with E-state index in [1.807, 2.05) is 0 Å². The molecule has 0 amide bonds. The number of carbonyl (C=O) groups is 1. The van der Waals surface area contributed by atoms with Gasteiger partial charge in [0.2, 0.25) is 5.95 Å². The predicted molar refractivity (Wildman–Crippen MR) is 113 cm³/mol. The molecule has 0 aromatic carbocycles. The van der Waals surface area contributed by atoms with Crippen molar-refractivity contribution in [3.8, 4) is 0 Å². The Bertz CT molecular complexity index is 637. The van der Waals surface area contributed by atoms with Crippen LogP contribution in [-0.2, 0) is 4.79 Å². The van der Waals surface area contributed by atoms with Crippen LogP contribution in [0.1, 0.15) is 76.7 Å². The standard InChI is InChI=1S/C23H36N4O/c1-17-7-11-27(12-8-17)23-24-15-21(16-25-23)20-9-13-26(14-10-20)22-5-3-19(4-6-22)18(2)28/h15-17,19-20,22H,3-14H2,1-2H3. The van der Waals surface area contributed by atoms with Crippen molar-refractivity contribution in [1.29, 1.82) is 0 Å². The molecule has 5 heteroatoms. The van der Waals surface area contributed by atoms with Gasteiger partial charge in [-0.3, -0.25) is 4.79 Å². The zero-order valence-electron chi connectivity index (χ0n) is 17.6. The van der Waals surface area contributed by atoms with E-state index in [-0.39, 0.29) is 0 Å². The first-order chi connectivity index (χ1) is 13.6. The molecule has 1 aromatic rings. The number of rotatable bonds is 4. The molecule has 28 heavy (non-hydrogen) atoms. The van der Waals surface area contributed by atoms with Crippen molar-refractivity contribution < 1.29 is 4.79 Å². The van der Waals surface area contributed by atoms with Gasteiger partial charge in [0.05, 0.1) is 0 Å². The molecular formula is C23H36N4O. The molecule has 0 radical (unpaired) electrons. The minimum Gasteiger partial charge on any atom is -0.341 e. The van der Waals surface area contributed by atoms with Crippen molar-refractivity contribution in [2.45, 2.75) is 77.2 Å². The number of hydrogen-bond acceptors (Lipinski definition) is 5. The van der Waals surface area contributed by atoms with Crippen molar-refractivity contribution in [2.75, 3.05) is 31.1 Å². The lowest BCUT2D eigenvalue weighted by Gasteiger charge is -2.40. The van der Waals surface area contributed by atoms with Crippen LogP contribution in [0.15, 0.2) is 12.4 Å². The van der Waals surface area contributed by atoms with Crippen LogP contribution in [0.25, 0.3) is 0 Å². The highest BCUT2D eigenvalue weighted by atomic mass is 16.1. The van der Waals surface area contributed by atoms with Crippen LogP contribution >= 0.6 is 0 Å². The van der Waals surface area contributed by atoms with Gasteiger partial charge in [0.15, 0.2) is 0 Å². The summed E-state index contributed by atoms with van der Waals surface area (Å²) in [5.41, 5.74) is 1.31. The molecule has 4 rings (SSSR count). The summed E-state index contributed by atoms with van der Waals surface area (Å²) in [6.45, 7) is 8.62. The molecule has 3 aliphatic rings. The van der Waals surface area contributed by atoms with Gasteiger partial charge in [0.1, 0.15) is 5.78 Å². The monoisotopic (exact) mass is 384 g/mol. The molecular weight excluding hydrogens is 348 g/mol. The van der Waals surface area contributed by atoms with Crippen LogP contribution in [0.2, 0.25) is 0 Å². The number of nitrogens with zero attached hydrogens (tertiary/aromatic N) is 4. The first-order valence-electron chi connectivity index (χ1n) is 11.4. The Morgan fingerprint density at radius 1 is 0.893 bits per heavy atom. The summed E-state index contributed by atoms with van der Waals surface area (Å²) >= 11 is 0. The third kappa shape index (κ3) is 4.56. The largest absolute Gasteiger partial charge is 0.341 e. The van der Waals surface area contributed by atoms with Crippen LogP contribution in [0.3, 0.4) is 0 Å². The Kier molecular flexibility index (Phi) is 6.29. The van der Waals surface area contributed by atoms with Crippen LogP contribution in [0.4, 0.5) is 5.95 Å². The molecule has 3 heterocycles. The molecule has 2 saturated heterocycles. The van der Waals surface area contributed by atoms with Gasteiger partial charge in [-0.05, 0) is 88.8 Å². The van der Waals surface area contributed by atoms with Crippen molar-refractivity contribution >= 4 is 11.7 Å². The fourth-order valence-electron chi connectivity index (χ4n) is 5.36. The lowest BCUT2D eigenvalue weighted by molar-refractivity contribution is -0.122. The van der Waals surface area contributed by atoms with Gasteiger partial charge in [0, 0.05) is 37.4 Å². The second kappa shape index (κ2) is 8.89. The van der Waals surface area contributed by atoms with Gasteiger partial charge >= 0.3 is 0 Å². The third-order valence-electron chi connectivity index (χ3n) is 7.51. The van der Waals surface area contributed by atoms with Gasteiger partial charge in [-0.2, -0.15) is 0 Å². The minimum atomic E-state index is 0.326. The predicted octanol–water partition coefficient (Wildman–Crippen LogP) is 4.04. The lowest BCUT2D eigenvalue weighted by Crippen LogP contribution is -2.43. The van der Waals surface area contributed by atoms with Gasteiger partial charge in [-0.15, -0.1) is 0 Å². The molecule has 2 aliphatic heterocycles. The summed E-state index contributed by atoms with van der Waals surface area (Å²) in [4.78, 5) is 26.0. The SMILES string of the molecule is CC(=O)C1CCC(N2CCC(c3cnc(N4CCC(C)CC4)nc3)CC2)CC1. The van der Waals surface area contributed by atoms with Crippen LogP contribution in [-0.4, -0.2) is 52.9 Å². The van der Waals surface area contributed by atoms with Crippen LogP contribution in [0, 0.1) is 11.8 Å². The van der Waals surface area contributed by atoms with Gasteiger partial charge in [-0.1, -0.05) is 6.92 Å². The topological polar surface area (TPSA) is 49.3 Å². The molecule has 0 unspecified atom stereocenters. The summed E-state index contributed by atoms with van der Waals surface area (Å²) in [7, 11) is 0. The molecule has 0 bridgehead atoms. The van der Waals surface area contributed by atoms with E-state index < -0.39 is 0 Å². The van der Waals surface area contributed by atoms with Crippen LogP contribution < -0.4 is 4.90 Å². The Morgan fingerprint density at radius 3 is 2.07 bits per heavy atom. The third-order valence-corrected chi connectivity index (χ3v) is 7.51. The normalized spacial score (nSPS) is 28.4. The Hall–Kier alpha value is -1.49. The number of carbonyl (C=O) groups excluding carboxylic acids is 1. The molecule has 1 saturated carbocycles. The van der Waals surface area contributed by atoms with Crippen LogP contribution in [0.5, 0.6) is 0 Å². The van der Waals surface area contributed by atoms with E-state index in [2.05, 4.69) is 29.1 Å². The summed E-state index contributed by atoms with van der Waals surface area (Å²) in [5.74, 6) is 3.06. The highest BCUT2D eigenvalue weighted by Crippen LogP contribution is 2.33. The van der Waals surface area contributed by atoms with E-state index in [9.17, 15) is 4.79 Å². The van der Waals surface area contributed by atoms with Crippen molar-refractivity contribution in [1.82, 2.24) is 14.9 Å². The summed E-state index contributed by atoms with van der Waals surface area (Å²) < 4.78 is 0. The molecule has 1 aliphatic carbocycles. The number of anilines is 1. The molecule has 0 N–H and O–H groups in total. The number of Topliss-reactive ketones (excluding diaryl/α,β-unsaturated/α-hetero) is 1. The van der Waals surface area contributed by atoms with Crippen molar-refractivity contribution in [3.05, 3.63) is 18.0 Å². The zero-order chi connectivity index (χ0) is 19.5. The van der Waals surface area contributed by atoms with E-state index in [1.54, 1.807) is 6.92 Å². The summed E-state index contributed by atoms with van der Waals surface area (Å²) in [6.07, 6.45) is 13.6. The van der Waals surface area contributed by atoms with Crippen molar-refractivity contribution in [2.24, 2.45) is 11.8 Å². The molecule has 0 spiro atoms. The lowest BCUT2D eigenvalue weighted by atomic mass is 9.82. The Labute approximate surface area is 169 Å². The van der Waals surface area contributed by atoms with E-state index in [4.69, 9.17) is 9.97 Å². The number of ketones is 1. The quantitative estimate of drug-likeness (QED) is 0.784. The van der Waals surface area contributed by atoms with Crippen molar-refractivity contribution in [3.63, 3.8) is 0 Å². The zero-order valence-corrected chi connectivity index (χ0v) is 17.6. The number of aromatic nitrogens is 2. The Morgan fingerprint density at radius 2 is 1.50 bits per heavy atom. The maximum absolute atomic E-state index is 11.6. The van der Waals surface area contributed by atoms with E-state index in [1.165, 1.54) is 57.2 Å². The Balaban J connectivity index is 1.26. The van der Waals surface area contributed by atoms with Gasteiger partial charge < -0.3 is 9.80 Å². The molecule has 0 atom stereocenters. The average molecular weight is 385 g/mol. The fourth-order valence-corrected chi connectivity index (χ4v) is 5.36. The first-order valence-corrected chi connectivity index (χ1v) is 11.4. The fraction of sp³-hybridized carbons (Fsp3) is 0.783. The highest BCUT2D eigenvalue weighted by Gasteiger charge is 2.30. The summed E-state index contributed by atoms with van der Waals surface area (Å²) in [5, 5.41) is 0. The second-order valence-electron chi connectivity index (χ2n) is 9.41. The molecule has 5 nitrogen and oxygen atoms in total. The molecule has 154 valence electrons. The molecule has 1 aromatic heterocycles. The number of hydrogen-bond donors (Lipinski definition) is 0. The van der Waals surface area contributed by atoms with Gasteiger partial charge in [-0.25, -0.2) is 9.97 Å². The molecule has 3 fully saturated rings. The summed E-state index contributed by atoms with van der Waals surface area (Å²) in [6, 6.07) is 0.691. The maximum Gasteiger partial charge on any atom is 0.225 e. The second-order valence-corrected chi connectivity index (χ2v) is 9.41.